The summed E-state index contributed by atoms with van der Waals surface area (Å²) in [5, 5.41) is 11.8. The highest BCUT2D eigenvalue weighted by Crippen LogP contribution is 2.42. The quantitative estimate of drug-likeness (QED) is 0.187. The van der Waals surface area contributed by atoms with Crippen molar-refractivity contribution in [2.24, 2.45) is 0 Å². The molecular weight excluding hydrogens is 574 g/mol. The van der Waals surface area contributed by atoms with Crippen molar-refractivity contribution in [1.29, 1.82) is 0 Å². The fraction of sp³-hybridized carbons (Fsp3) is 0.333. The number of nitrogens with zero attached hydrogens (tertiary/aromatic N) is 4. The molecule has 1 N–H and O–H groups in total. The van der Waals surface area contributed by atoms with Gasteiger partial charge in [-0.1, -0.05) is 32.0 Å². The van der Waals surface area contributed by atoms with Gasteiger partial charge in [0.25, 0.3) is 15.9 Å². The Morgan fingerprint density at radius 1 is 1.14 bits per heavy atom. The third-order valence-corrected chi connectivity index (χ3v) is 8.09. The topological polar surface area (TPSA) is 149 Å². The van der Waals surface area contributed by atoms with Crippen LogP contribution in [0.5, 0.6) is 23.1 Å². The lowest BCUT2D eigenvalue weighted by molar-refractivity contribution is -0.612. The molecular formula is C30H33N5O7S. The predicted octanol–water partition coefficient (Wildman–Crippen LogP) is 4.76. The number of hydrogen-bond acceptors (Lipinski definition) is 10. The van der Waals surface area contributed by atoms with Crippen LogP contribution in [0.15, 0.2) is 66.0 Å². The van der Waals surface area contributed by atoms with E-state index < -0.39 is 10.0 Å². The predicted molar refractivity (Wildman–Crippen MR) is 158 cm³/mol. The minimum atomic E-state index is -4.24. The van der Waals surface area contributed by atoms with Gasteiger partial charge >= 0.3 is 0 Å². The SMILES string of the molecule is COc1ccccc1Oc1c(NS(=O)(=O)c2ccc(C(C)C)cn2)nc(-c2cc[n+]([O-])c(C)c2)nc1OCC1CCCO1. The molecule has 1 aromatic carbocycles. The molecule has 1 aliphatic heterocycles. The highest BCUT2D eigenvalue weighted by molar-refractivity contribution is 7.92. The third-order valence-electron chi connectivity index (χ3n) is 6.84. The molecule has 0 aliphatic carbocycles. The van der Waals surface area contributed by atoms with Crippen LogP contribution in [0.2, 0.25) is 0 Å². The van der Waals surface area contributed by atoms with E-state index in [-0.39, 0.29) is 52.7 Å². The maximum Gasteiger partial charge on any atom is 0.280 e. The van der Waals surface area contributed by atoms with E-state index in [4.69, 9.17) is 18.9 Å². The first kappa shape index (κ1) is 30.0. The number of pyridine rings is 2. The van der Waals surface area contributed by atoms with Gasteiger partial charge in [0.2, 0.25) is 5.75 Å². The van der Waals surface area contributed by atoms with Crippen LogP contribution in [0, 0.1) is 12.1 Å². The molecule has 3 aromatic heterocycles. The van der Waals surface area contributed by atoms with Crippen LogP contribution in [0.4, 0.5) is 5.82 Å². The summed E-state index contributed by atoms with van der Waals surface area (Å²) >= 11 is 0. The van der Waals surface area contributed by atoms with Gasteiger partial charge in [-0.2, -0.15) is 18.1 Å². The second-order valence-electron chi connectivity index (χ2n) is 10.3. The van der Waals surface area contributed by atoms with Crippen molar-refractivity contribution >= 4 is 15.8 Å². The van der Waals surface area contributed by atoms with Crippen molar-refractivity contribution in [3.63, 3.8) is 0 Å². The first-order chi connectivity index (χ1) is 20.6. The Bertz CT molecular complexity index is 1690. The van der Waals surface area contributed by atoms with Gasteiger partial charge in [0, 0.05) is 37.4 Å². The summed E-state index contributed by atoms with van der Waals surface area (Å²) in [6.07, 6.45) is 4.39. The van der Waals surface area contributed by atoms with Gasteiger partial charge in [0.1, 0.15) is 6.61 Å². The molecule has 226 valence electrons. The monoisotopic (exact) mass is 607 g/mol. The lowest BCUT2D eigenvalue weighted by Crippen LogP contribution is -2.28. The summed E-state index contributed by atoms with van der Waals surface area (Å²) in [5.74, 6) is 0.669. The molecule has 12 nitrogen and oxygen atoms in total. The Hall–Kier alpha value is -4.49. The van der Waals surface area contributed by atoms with E-state index in [1.807, 2.05) is 13.8 Å². The Morgan fingerprint density at radius 2 is 1.93 bits per heavy atom. The molecule has 4 aromatic rings. The number of para-hydroxylation sites is 2. The van der Waals surface area contributed by atoms with Crippen LogP contribution in [0.1, 0.15) is 43.9 Å². The molecule has 0 radical (unpaired) electrons. The molecule has 1 unspecified atom stereocenters. The summed E-state index contributed by atoms with van der Waals surface area (Å²) < 4.78 is 54.0. The van der Waals surface area contributed by atoms with Gasteiger partial charge in [-0.05, 0) is 42.5 Å². The van der Waals surface area contributed by atoms with E-state index in [1.165, 1.54) is 31.6 Å². The van der Waals surface area contributed by atoms with E-state index in [0.717, 1.165) is 18.4 Å². The zero-order chi connectivity index (χ0) is 30.6. The number of sulfonamides is 1. The number of benzene rings is 1. The highest BCUT2D eigenvalue weighted by atomic mass is 32.2. The van der Waals surface area contributed by atoms with Crippen molar-refractivity contribution in [2.45, 2.75) is 50.7 Å². The summed E-state index contributed by atoms with van der Waals surface area (Å²) in [6, 6.07) is 13.2. The molecule has 0 bridgehead atoms. The minimum absolute atomic E-state index is 0.0243. The first-order valence-corrected chi connectivity index (χ1v) is 15.3. The number of ether oxygens (including phenoxy) is 4. The number of rotatable bonds is 11. The number of nitrogens with one attached hydrogen (secondary N) is 1. The number of anilines is 1. The molecule has 1 fully saturated rings. The summed E-state index contributed by atoms with van der Waals surface area (Å²) in [5.41, 5.74) is 1.76. The van der Waals surface area contributed by atoms with Crippen LogP contribution in [-0.2, 0) is 14.8 Å². The Balaban J connectivity index is 1.64. The molecule has 1 saturated heterocycles. The zero-order valence-electron chi connectivity index (χ0n) is 24.3. The number of methoxy groups -OCH3 is 1. The second-order valence-corrected chi connectivity index (χ2v) is 11.9. The van der Waals surface area contributed by atoms with Crippen LogP contribution in [0.25, 0.3) is 11.4 Å². The maximum atomic E-state index is 13.6. The van der Waals surface area contributed by atoms with Crippen molar-refractivity contribution in [1.82, 2.24) is 15.0 Å². The van der Waals surface area contributed by atoms with Gasteiger partial charge in [-0.15, -0.1) is 0 Å². The molecule has 0 spiro atoms. The molecule has 0 amide bonds. The lowest BCUT2D eigenvalue weighted by Gasteiger charge is -2.19. The highest BCUT2D eigenvalue weighted by Gasteiger charge is 2.27. The van der Waals surface area contributed by atoms with Crippen LogP contribution in [-0.4, -0.2) is 49.8 Å². The maximum absolute atomic E-state index is 13.6. The largest absolute Gasteiger partial charge is 0.619 e. The Kier molecular flexibility index (Phi) is 8.92. The zero-order valence-corrected chi connectivity index (χ0v) is 25.1. The lowest BCUT2D eigenvalue weighted by atomic mass is 10.1. The number of hydrogen-bond donors (Lipinski definition) is 1. The van der Waals surface area contributed by atoms with Crippen LogP contribution < -0.4 is 23.7 Å². The van der Waals surface area contributed by atoms with Crippen molar-refractivity contribution in [2.75, 3.05) is 25.0 Å². The van der Waals surface area contributed by atoms with Crippen molar-refractivity contribution < 1.29 is 32.1 Å². The first-order valence-electron chi connectivity index (χ1n) is 13.8. The van der Waals surface area contributed by atoms with E-state index in [1.54, 1.807) is 43.3 Å². The van der Waals surface area contributed by atoms with E-state index in [0.29, 0.717) is 28.3 Å². The average Bonchev–Trinajstić information content (AvgIpc) is 3.52. The van der Waals surface area contributed by atoms with Gasteiger partial charge < -0.3 is 24.2 Å². The fourth-order valence-corrected chi connectivity index (χ4v) is 5.33. The van der Waals surface area contributed by atoms with Crippen LogP contribution >= 0.6 is 0 Å². The van der Waals surface area contributed by atoms with E-state index in [9.17, 15) is 13.6 Å². The Labute approximate surface area is 250 Å². The standard InChI is InChI=1S/C30H33N5O7S/c1-19(2)22-11-12-26(31-17-22)43(37,38)34-29-27(42-25-10-6-5-9-24(25)39-4)30(41-18-23-8-7-15-40-23)33-28(32-29)21-13-14-35(36)20(3)16-21/h5-6,9-14,16-17,19,23H,7-8,15,18H2,1-4H3,(H,32,33,34). The molecule has 1 aliphatic rings. The smallest absolute Gasteiger partial charge is 0.280 e. The summed E-state index contributed by atoms with van der Waals surface area (Å²) in [6.45, 7) is 6.40. The summed E-state index contributed by atoms with van der Waals surface area (Å²) in [7, 11) is -2.75. The number of aryl methyl sites for hydroxylation is 1. The van der Waals surface area contributed by atoms with Crippen molar-refractivity contribution in [3.05, 3.63) is 77.4 Å². The molecule has 43 heavy (non-hydrogen) atoms. The average molecular weight is 608 g/mol. The van der Waals surface area contributed by atoms with Gasteiger partial charge in [0.05, 0.1) is 13.2 Å². The molecule has 0 saturated carbocycles. The molecule has 1 atom stereocenters. The van der Waals surface area contributed by atoms with E-state index in [2.05, 4.69) is 19.7 Å². The van der Waals surface area contributed by atoms with Gasteiger partial charge in [-0.25, -0.2) is 9.97 Å². The third kappa shape index (κ3) is 6.95. The minimum Gasteiger partial charge on any atom is -0.619 e. The van der Waals surface area contributed by atoms with Gasteiger partial charge in [-0.3, -0.25) is 4.72 Å². The summed E-state index contributed by atoms with van der Waals surface area (Å²) in [4.78, 5) is 13.3. The van der Waals surface area contributed by atoms with Crippen molar-refractivity contribution in [3.8, 4) is 34.5 Å². The fourth-order valence-electron chi connectivity index (χ4n) is 4.39. The van der Waals surface area contributed by atoms with Crippen LogP contribution in [0.3, 0.4) is 0 Å². The molecule has 4 heterocycles. The molecule has 13 heteroatoms. The molecule has 5 rings (SSSR count). The van der Waals surface area contributed by atoms with Gasteiger partial charge in [0.15, 0.2) is 40.1 Å². The van der Waals surface area contributed by atoms with E-state index >= 15 is 0 Å². The second kappa shape index (κ2) is 12.8. The normalized spacial score (nSPS) is 15.0. The number of aromatic nitrogens is 4. The Morgan fingerprint density at radius 3 is 2.58 bits per heavy atom.